The molecule has 0 unspecified atom stereocenters. The molecule has 6 heteroatoms. The van der Waals surface area contributed by atoms with Gasteiger partial charge < -0.3 is 9.80 Å². The molecular formula is C18H26N4O2. The first kappa shape index (κ1) is 15.7. The molecule has 6 nitrogen and oxygen atoms in total. The minimum atomic E-state index is -0.140. The summed E-state index contributed by atoms with van der Waals surface area (Å²) in [7, 11) is 0. The minimum absolute atomic E-state index is 0.140. The highest BCUT2D eigenvalue weighted by Crippen LogP contribution is 2.34. The molecule has 2 aliphatic heterocycles. The van der Waals surface area contributed by atoms with E-state index in [1.807, 2.05) is 21.4 Å². The molecule has 0 bridgehead atoms. The Kier molecular flexibility index (Phi) is 3.85. The number of carbonyl (C=O) groups excluding carboxylic acids is 2. The fourth-order valence-corrected chi connectivity index (χ4v) is 4.25. The van der Waals surface area contributed by atoms with Crippen LogP contribution < -0.4 is 0 Å². The van der Waals surface area contributed by atoms with Crippen molar-refractivity contribution >= 4 is 11.8 Å². The van der Waals surface area contributed by atoms with Crippen LogP contribution in [0, 0.1) is 19.8 Å². The van der Waals surface area contributed by atoms with Crippen molar-refractivity contribution in [3.8, 4) is 0 Å². The zero-order valence-electron chi connectivity index (χ0n) is 14.6. The van der Waals surface area contributed by atoms with Crippen molar-refractivity contribution < 1.29 is 9.59 Å². The quantitative estimate of drug-likeness (QED) is 0.841. The summed E-state index contributed by atoms with van der Waals surface area (Å²) in [6.45, 7) is 6.27. The molecule has 2 amide bonds. The van der Waals surface area contributed by atoms with Crippen molar-refractivity contribution in [3.63, 3.8) is 0 Å². The third kappa shape index (κ3) is 2.82. The molecule has 24 heavy (non-hydrogen) atoms. The number of aromatic nitrogens is 2. The van der Waals surface area contributed by atoms with Crippen LogP contribution in [0.2, 0.25) is 0 Å². The number of likely N-dealkylation sites (tertiary alicyclic amines) is 2. The molecule has 130 valence electrons. The fraction of sp³-hybridized carbons (Fsp3) is 0.722. The number of hydrogen-bond donors (Lipinski definition) is 0. The summed E-state index contributed by atoms with van der Waals surface area (Å²) in [5, 5.41) is 4.54. The molecule has 2 saturated heterocycles. The van der Waals surface area contributed by atoms with E-state index in [1.165, 1.54) is 0 Å². The average Bonchev–Trinajstić information content (AvgIpc) is 3.01. The predicted molar refractivity (Wildman–Crippen MR) is 89.3 cm³/mol. The summed E-state index contributed by atoms with van der Waals surface area (Å²) in [6, 6.07) is 2.70. The van der Waals surface area contributed by atoms with Crippen LogP contribution in [0.25, 0.3) is 0 Å². The molecule has 1 saturated carbocycles. The van der Waals surface area contributed by atoms with E-state index in [0.29, 0.717) is 19.0 Å². The Hall–Kier alpha value is -1.85. The monoisotopic (exact) mass is 330 g/mol. The van der Waals surface area contributed by atoms with Crippen molar-refractivity contribution in [2.75, 3.05) is 13.1 Å². The number of hydrogen-bond acceptors (Lipinski definition) is 3. The topological polar surface area (TPSA) is 58.4 Å². The van der Waals surface area contributed by atoms with Crippen LogP contribution in [0.15, 0.2) is 6.07 Å². The first-order valence-electron chi connectivity index (χ1n) is 9.14. The van der Waals surface area contributed by atoms with Crippen molar-refractivity contribution in [2.45, 2.75) is 64.6 Å². The van der Waals surface area contributed by atoms with E-state index in [0.717, 1.165) is 50.2 Å². The van der Waals surface area contributed by atoms with E-state index in [1.54, 1.807) is 0 Å². The standard InChI is InChI=1S/C18H26N4O2/c1-12-8-13(2)22(19-12)11-16-4-3-7-20(16)18(24)14-9-17(23)21(10-14)15-5-6-15/h8,14-16H,3-7,9-11H2,1-2H3/t14-,16-/m0/s1. The zero-order chi connectivity index (χ0) is 16.8. The Morgan fingerprint density at radius 1 is 1.29 bits per heavy atom. The number of nitrogens with zero attached hydrogens (tertiary/aromatic N) is 4. The number of aryl methyl sites for hydroxylation is 2. The average molecular weight is 330 g/mol. The number of carbonyl (C=O) groups is 2. The minimum Gasteiger partial charge on any atom is -0.339 e. The highest BCUT2D eigenvalue weighted by Gasteiger charge is 2.44. The van der Waals surface area contributed by atoms with Crippen LogP contribution in [-0.4, -0.2) is 56.6 Å². The van der Waals surface area contributed by atoms with E-state index >= 15 is 0 Å². The second kappa shape index (κ2) is 5.90. The van der Waals surface area contributed by atoms with Crippen LogP contribution in [0.3, 0.4) is 0 Å². The van der Waals surface area contributed by atoms with Gasteiger partial charge in [0.25, 0.3) is 0 Å². The molecule has 0 aromatic carbocycles. The molecule has 0 radical (unpaired) electrons. The third-order valence-electron chi connectivity index (χ3n) is 5.64. The number of amides is 2. The Morgan fingerprint density at radius 2 is 2.08 bits per heavy atom. The lowest BCUT2D eigenvalue weighted by Crippen LogP contribution is -2.42. The first-order valence-corrected chi connectivity index (χ1v) is 9.14. The van der Waals surface area contributed by atoms with E-state index < -0.39 is 0 Å². The second-order valence-corrected chi connectivity index (χ2v) is 7.62. The van der Waals surface area contributed by atoms with Gasteiger partial charge in [-0.05, 0) is 45.6 Å². The summed E-state index contributed by atoms with van der Waals surface area (Å²) in [6.07, 6.45) is 4.69. The summed E-state index contributed by atoms with van der Waals surface area (Å²) < 4.78 is 2.02. The molecule has 3 aliphatic rings. The first-order chi connectivity index (χ1) is 11.5. The molecule has 3 heterocycles. The van der Waals surface area contributed by atoms with Gasteiger partial charge in [0.05, 0.1) is 24.2 Å². The summed E-state index contributed by atoms with van der Waals surface area (Å²) in [4.78, 5) is 29.1. The molecule has 4 rings (SSSR count). The summed E-state index contributed by atoms with van der Waals surface area (Å²) in [5.41, 5.74) is 2.16. The zero-order valence-corrected chi connectivity index (χ0v) is 14.6. The SMILES string of the molecule is Cc1cc(C)n(C[C@@H]2CCCN2C(=O)[C@H]2CC(=O)N(C3CC3)C2)n1. The molecular weight excluding hydrogens is 304 g/mol. The summed E-state index contributed by atoms with van der Waals surface area (Å²) >= 11 is 0. The van der Waals surface area contributed by atoms with Gasteiger partial charge in [0, 0.05) is 31.2 Å². The van der Waals surface area contributed by atoms with Crippen LogP contribution in [-0.2, 0) is 16.1 Å². The van der Waals surface area contributed by atoms with Crippen molar-refractivity contribution in [3.05, 3.63) is 17.5 Å². The smallest absolute Gasteiger partial charge is 0.228 e. The van der Waals surface area contributed by atoms with Gasteiger partial charge in [-0.25, -0.2) is 0 Å². The van der Waals surface area contributed by atoms with Crippen molar-refractivity contribution in [1.82, 2.24) is 19.6 Å². The maximum absolute atomic E-state index is 13.0. The Bertz CT molecular complexity index is 664. The Morgan fingerprint density at radius 3 is 2.75 bits per heavy atom. The van der Waals surface area contributed by atoms with Gasteiger partial charge in [0.15, 0.2) is 0 Å². The maximum Gasteiger partial charge on any atom is 0.228 e. The normalized spacial score (nSPS) is 27.3. The maximum atomic E-state index is 13.0. The Balaban J connectivity index is 1.43. The van der Waals surface area contributed by atoms with E-state index in [4.69, 9.17) is 0 Å². The highest BCUT2D eigenvalue weighted by atomic mass is 16.2. The molecule has 1 aromatic rings. The lowest BCUT2D eigenvalue weighted by atomic mass is 10.1. The van der Waals surface area contributed by atoms with Gasteiger partial charge in [-0.2, -0.15) is 5.10 Å². The van der Waals surface area contributed by atoms with E-state index in [9.17, 15) is 9.59 Å². The predicted octanol–water partition coefficient (Wildman–Crippen LogP) is 1.50. The summed E-state index contributed by atoms with van der Waals surface area (Å²) in [5.74, 6) is 0.208. The lowest BCUT2D eigenvalue weighted by Gasteiger charge is -2.27. The molecule has 1 aliphatic carbocycles. The fourth-order valence-electron chi connectivity index (χ4n) is 4.25. The van der Waals surface area contributed by atoms with Gasteiger partial charge >= 0.3 is 0 Å². The van der Waals surface area contributed by atoms with Gasteiger partial charge in [-0.1, -0.05) is 0 Å². The molecule has 3 fully saturated rings. The van der Waals surface area contributed by atoms with Gasteiger partial charge in [0.2, 0.25) is 11.8 Å². The molecule has 1 aromatic heterocycles. The Labute approximate surface area is 142 Å². The van der Waals surface area contributed by atoms with Crippen LogP contribution in [0.1, 0.15) is 43.5 Å². The van der Waals surface area contributed by atoms with Gasteiger partial charge in [-0.15, -0.1) is 0 Å². The highest BCUT2D eigenvalue weighted by molar-refractivity contribution is 5.89. The van der Waals surface area contributed by atoms with Crippen molar-refractivity contribution in [2.24, 2.45) is 5.92 Å². The molecule has 2 atom stereocenters. The molecule has 0 spiro atoms. The van der Waals surface area contributed by atoms with E-state index in [2.05, 4.69) is 18.1 Å². The van der Waals surface area contributed by atoms with Crippen LogP contribution in [0.5, 0.6) is 0 Å². The van der Waals surface area contributed by atoms with Crippen molar-refractivity contribution in [1.29, 1.82) is 0 Å². The van der Waals surface area contributed by atoms with Crippen LogP contribution >= 0.6 is 0 Å². The largest absolute Gasteiger partial charge is 0.339 e. The third-order valence-corrected chi connectivity index (χ3v) is 5.64. The van der Waals surface area contributed by atoms with Gasteiger partial charge in [-0.3, -0.25) is 14.3 Å². The lowest BCUT2D eigenvalue weighted by molar-refractivity contribution is -0.136. The second-order valence-electron chi connectivity index (χ2n) is 7.62. The van der Waals surface area contributed by atoms with Gasteiger partial charge in [0.1, 0.15) is 0 Å². The molecule has 0 N–H and O–H groups in total. The number of rotatable bonds is 4. The van der Waals surface area contributed by atoms with E-state index in [-0.39, 0.29) is 23.8 Å². The van der Waals surface area contributed by atoms with Crippen LogP contribution in [0.4, 0.5) is 0 Å².